The zero-order valence-corrected chi connectivity index (χ0v) is 9.93. The fraction of sp³-hybridized carbons (Fsp3) is 1.00. The topological polar surface area (TPSA) is 12.5 Å². The molecule has 0 N–H and O–H groups in total. The Morgan fingerprint density at radius 1 is 1.43 bits per heavy atom. The van der Waals surface area contributed by atoms with E-state index in [1.165, 1.54) is 19.3 Å². The summed E-state index contributed by atoms with van der Waals surface area (Å²) in [4.78, 5) is 2.54. The molecule has 0 radical (unpaired) electrons. The first-order valence-corrected chi connectivity index (χ1v) is 6.29. The molecule has 14 heavy (non-hydrogen) atoms. The predicted molar refractivity (Wildman–Crippen MR) is 61.0 cm³/mol. The van der Waals surface area contributed by atoms with E-state index in [9.17, 15) is 0 Å². The van der Waals surface area contributed by atoms with Gasteiger partial charge in [-0.3, -0.25) is 4.90 Å². The lowest BCUT2D eigenvalue weighted by molar-refractivity contribution is -0.0107. The summed E-state index contributed by atoms with van der Waals surface area (Å²) >= 11 is 5.71. The van der Waals surface area contributed by atoms with Crippen molar-refractivity contribution in [3.63, 3.8) is 0 Å². The van der Waals surface area contributed by atoms with Crippen molar-refractivity contribution < 1.29 is 4.74 Å². The highest BCUT2D eigenvalue weighted by atomic mass is 35.5. The molecular formula is C11H22ClNO. The molecule has 0 aliphatic carbocycles. The third kappa shape index (κ3) is 4.16. The van der Waals surface area contributed by atoms with Gasteiger partial charge in [0.1, 0.15) is 0 Å². The lowest BCUT2D eigenvalue weighted by Gasteiger charge is -2.35. The van der Waals surface area contributed by atoms with Crippen LogP contribution >= 0.6 is 11.6 Å². The van der Waals surface area contributed by atoms with Gasteiger partial charge in [-0.15, -0.1) is 11.6 Å². The van der Waals surface area contributed by atoms with Crippen LogP contribution in [0.25, 0.3) is 0 Å². The van der Waals surface area contributed by atoms with E-state index in [-0.39, 0.29) is 0 Å². The minimum absolute atomic E-state index is 0.645. The average Bonchev–Trinajstić information content (AvgIpc) is 2.24. The molecule has 1 aliphatic heterocycles. The van der Waals surface area contributed by atoms with E-state index in [2.05, 4.69) is 11.8 Å². The summed E-state index contributed by atoms with van der Waals surface area (Å²) in [6.07, 6.45) is 4.97. The molecule has 3 heteroatoms. The van der Waals surface area contributed by atoms with Gasteiger partial charge in [-0.1, -0.05) is 19.8 Å². The van der Waals surface area contributed by atoms with Crippen molar-refractivity contribution in [1.82, 2.24) is 4.90 Å². The van der Waals surface area contributed by atoms with E-state index in [1.807, 2.05) is 0 Å². The average molecular weight is 220 g/mol. The highest BCUT2D eigenvalue weighted by molar-refractivity contribution is 6.17. The predicted octanol–water partition coefficient (Wildman–Crippen LogP) is 2.51. The summed E-state index contributed by atoms with van der Waals surface area (Å²) in [6.45, 7) is 6.28. The second-order valence-electron chi connectivity index (χ2n) is 3.95. The SMILES string of the molecule is CCCCC1COCCN1CCCCl. The first-order valence-electron chi connectivity index (χ1n) is 5.76. The quantitative estimate of drug-likeness (QED) is 0.637. The summed E-state index contributed by atoms with van der Waals surface area (Å²) in [5.41, 5.74) is 0. The number of ether oxygens (including phenoxy) is 1. The van der Waals surface area contributed by atoms with E-state index in [0.717, 1.165) is 38.6 Å². The van der Waals surface area contributed by atoms with Crippen molar-refractivity contribution in [3.8, 4) is 0 Å². The lowest BCUT2D eigenvalue weighted by atomic mass is 10.1. The van der Waals surface area contributed by atoms with Crippen molar-refractivity contribution >= 4 is 11.6 Å². The van der Waals surface area contributed by atoms with E-state index in [0.29, 0.717) is 6.04 Å². The minimum Gasteiger partial charge on any atom is -0.378 e. The van der Waals surface area contributed by atoms with Gasteiger partial charge in [0.05, 0.1) is 13.2 Å². The van der Waals surface area contributed by atoms with Crippen LogP contribution in [0, 0.1) is 0 Å². The van der Waals surface area contributed by atoms with Crippen molar-refractivity contribution in [2.24, 2.45) is 0 Å². The fourth-order valence-corrected chi connectivity index (χ4v) is 2.07. The molecule has 0 bridgehead atoms. The summed E-state index contributed by atoms with van der Waals surface area (Å²) < 4.78 is 5.51. The summed E-state index contributed by atoms with van der Waals surface area (Å²) in [5, 5.41) is 0. The fourth-order valence-electron chi connectivity index (χ4n) is 1.95. The maximum Gasteiger partial charge on any atom is 0.0622 e. The van der Waals surface area contributed by atoms with Crippen molar-refractivity contribution in [2.75, 3.05) is 32.2 Å². The maximum atomic E-state index is 5.71. The van der Waals surface area contributed by atoms with Gasteiger partial charge >= 0.3 is 0 Å². The molecule has 2 nitrogen and oxygen atoms in total. The first kappa shape index (κ1) is 12.3. The monoisotopic (exact) mass is 219 g/mol. The molecule has 84 valence electrons. The van der Waals surface area contributed by atoms with Crippen molar-refractivity contribution in [3.05, 3.63) is 0 Å². The molecule has 1 aliphatic rings. The van der Waals surface area contributed by atoms with Gasteiger partial charge in [0, 0.05) is 18.5 Å². The van der Waals surface area contributed by atoms with Crippen LogP contribution in [0.4, 0.5) is 0 Å². The largest absolute Gasteiger partial charge is 0.378 e. The third-order valence-corrected chi connectivity index (χ3v) is 3.09. The molecule has 0 aromatic heterocycles. The second kappa shape index (κ2) is 7.49. The minimum atomic E-state index is 0.645. The molecule has 0 aromatic carbocycles. The van der Waals surface area contributed by atoms with Gasteiger partial charge in [0.15, 0.2) is 0 Å². The van der Waals surface area contributed by atoms with Crippen molar-refractivity contribution in [2.45, 2.75) is 38.6 Å². The Balaban J connectivity index is 2.26. The van der Waals surface area contributed by atoms with Gasteiger partial charge in [-0.25, -0.2) is 0 Å². The van der Waals surface area contributed by atoms with Crippen LogP contribution in [0.2, 0.25) is 0 Å². The van der Waals surface area contributed by atoms with Gasteiger partial charge < -0.3 is 4.74 Å². The van der Waals surface area contributed by atoms with E-state index in [1.54, 1.807) is 0 Å². The number of unbranched alkanes of at least 4 members (excludes halogenated alkanes) is 1. The molecule has 0 amide bonds. The standard InChI is InChI=1S/C11H22ClNO/c1-2-3-5-11-10-14-9-8-13(11)7-4-6-12/h11H,2-10H2,1H3. The Morgan fingerprint density at radius 3 is 3.00 bits per heavy atom. The number of alkyl halides is 1. The van der Waals surface area contributed by atoms with E-state index >= 15 is 0 Å². The number of nitrogens with zero attached hydrogens (tertiary/aromatic N) is 1. The first-order chi connectivity index (χ1) is 6.88. The molecule has 1 unspecified atom stereocenters. The van der Waals surface area contributed by atoms with Crippen LogP contribution in [-0.4, -0.2) is 43.1 Å². The van der Waals surface area contributed by atoms with Gasteiger partial charge in [-0.05, 0) is 19.4 Å². The number of morpholine rings is 1. The molecule has 1 rings (SSSR count). The number of hydrogen-bond acceptors (Lipinski definition) is 2. The van der Waals surface area contributed by atoms with Gasteiger partial charge in [0.25, 0.3) is 0 Å². The van der Waals surface area contributed by atoms with Crippen LogP contribution in [0.1, 0.15) is 32.6 Å². The summed E-state index contributed by atoms with van der Waals surface area (Å²) in [7, 11) is 0. The van der Waals surface area contributed by atoms with E-state index in [4.69, 9.17) is 16.3 Å². The Hall–Kier alpha value is 0.210. The smallest absolute Gasteiger partial charge is 0.0622 e. The third-order valence-electron chi connectivity index (χ3n) is 2.82. The van der Waals surface area contributed by atoms with Crippen LogP contribution in [-0.2, 0) is 4.74 Å². The number of halogens is 1. The molecule has 1 atom stereocenters. The van der Waals surface area contributed by atoms with Crippen LogP contribution in [0.5, 0.6) is 0 Å². The van der Waals surface area contributed by atoms with Gasteiger partial charge in [-0.2, -0.15) is 0 Å². The molecule has 0 saturated carbocycles. The van der Waals surface area contributed by atoms with E-state index < -0.39 is 0 Å². The van der Waals surface area contributed by atoms with Crippen LogP contribution < -0.4 is 0 Å². The summed E-state index contributed by atoms with van der Waals surface area (Å²) in [6, 6.07) is 0.645. The molecule has 1 saturated heterocycles. The Labute approximate surface area is 92.6 Å². The summed E-state index contributed by atoms with van der Waals surface area (Å²) in [5.74, 6) is 0.776. The molecule has 0 aromatic rings. The van der Waals surface area contributed by atoms with Crippen molar-refractivity contribution in [1.29, 1.82) is 0 Å². The molecular weight excluding hydrogens is 198 g/mol. The number of rotatable bonds is 6. The van der Waals surface area contributed by atoms with Gasteiger partial charge in [0.2, 0.25) is 0 Å². The maximum absolute atomic E-state index is 5.71. The lowest BCUT2D eigenvalue weighted by Crippen LogP contribution is -2.45. The second-order valence-corrected chi connectivity index (χ2v) is 4.33. The molecule has 0 spiro atoms. The molecule has 1 fully saturated rings. The zero-order valence-electron chi connectivity index (χ0n) is 9.17. The Kier molecular flexibility index (Phi) is 6.57. The van der Waals surface area contributed by atoms with Crippen LogP contribution in [0.3, 0.4) is 0 Å². The van der Waals surface area contributed by atoms with Crippen LogP contribution in [0.15, 0.2) is 0 Å². The number of hydrogen-bond donors (Lipinski definition) is 0. The highest BCUT2D eigenvalue weighted by Crippen LogP contribution is 2.13. The highest BCUT2D eigenvalue weighted by Gasteiger charge is 2.21. The Morgan fingerprint density at radius 2 is 2.29 bits per heavy atom. The zero-order chi connectivity index (χ0) is 10.2. The molecule has 1 heterocycles. The normalized spacial score (nSPS) is 24.0. The Bertz CT molecular complexity index is 127.